The first-order valence-corrected chi connectivity index (χ1v) is 10.7. The maximum Gasteiger partial charge on any atom is 0.490 e. The predicted octanol–water partition coefficient (Wildman–Crippen LogP) is 5.46. The summed E-state index contributed by atoms with van der Waals surface area (Å²) in [5, 5.41) is 0. The van der Waals surface area contributed by atoms with E-state index >= 15 is 0 Å². The highest BCUT2D eigenvalue weighted by molar-refractivity contribution is 5.87. The molecule has 0 saturated heterocycles. The van der Waals surface area contributed by atoms with Gasteiger partial charge in [-0.3, -0.25) is 4.79 Å². The molecule has 0 heterocycles. The number of halogens is 3. The van der Waals surface area contributed by atoms with Crippen LogP contribution in [-0.4, -0.2) is 23.5 Å². The Morgan fingerprint density at radius 2 is 1.71 bits per heavy atom. The SMILES string of the molecule is C[C@@]1(OC(=O)C(F)(F)F)CC[C@@]2(C)C(CCC3C2CC[C@]2(C)C(=O)CCC32)C1. The Hall–Kier alpha value is -1.07. The van der Waals surface area contributed by atoms with Gasteiger partial charge in [0.05, 0.1) is 0 Å². The van der Waals surface area contributed by atoms with Gasteiger partial charge >= 0.3 is 12.1 Å². The lowest BCUT2D eigenvalue weighted by molar-refractivity contribution is -0.223. The molecule has 7 atom stereocenters. The van der Waals surface area contributed by atoms with E-state index in [1.807, 2.05) is 0 Å². The number of rotatable bonds is 1. The second-order valence-electron chi connectivity index (χ2n) is 10.6. The van der Waals surface area contributed by atoms with Crippen molar-refractivity contribution in [3.05, 3.63) is 0 Å². The van der Waals surface area contributed by atoms with Crippen molar-refractivity contribution in [2.45, 2.75) is 90.3 Å². The van der Waals surface area contributed by atoms with Crippen molar-refractivity contribution in [1.82, 2.24) is 0 Å². The second-order valence-corrected chi connectivity index (χ2v) is 10.6. The number of ketones is 1. The van der Waals surface area contributed by atoms with E-state index in [9.17, 15) is 22.8 Å². The zero-order valence-corrected chi connectivity index (χ0v) is 17.0. The van der Waals surface area contributed by atoms with Crippen LogP contribution in [0.4, 0.5) is 13.2 Å². The van der Waals surface area contributed by atoms with Gasteiger partial charge in [-0.15, -0.1) is 0 Å². The number of hydrogen-bond donors (Lipinski definition) is 0. The summed E-state index contributed by atoms with van der Waals surface area (Å²) in [7, 11) is 0. The number of Topliss-reactive ketones (excluding diaryl/α,β-unsaturated/α-hetero) is 1. The summed E-state index contributed by atoms with van der Waals surface area (Å²) in [6.45, 7) is 6.13. The zero-order chi connectivity index (χ0) is 20.5. The summed E-state index contributed by atoms with van der Waals surface area (Å²) >= 11 is 0. The molecule has 0 radical (unpaired) electrons. The summed E-state index contributed by atoms with van der Waals surface area (Å²) in [6.07, 6.45) is 2.52. The summed E-state index contributed by atoms with van der Waals surface area (Å²) in [6, 6.07) is 0. The molecule has 0 aromatic heterocycles. The Labute approximate surface area is 164 Å². The van der Waals surface area contributed by atoms with Gasteiger partial charge in [-0.25, -0.2) is 4.79 Å². The standard InChI is InChI=1S/C22H31F3O3/c1-19(28-18(27)22(23,24)25)10-11-20(2)13(12-19)4-5-14-15-6-7-17(26)21(15,3)9-8-16(14)20/h13-16H,4-12H2,1-3H3/t13?,14?,15?,16?,19-,20+,21+/m1/s1. The molecule has 0 spiro atoms. The van der Waals surface area contributed by atoms with Crippen molar-refractivity contribution in [3.63, 3.8) is 0 Å². The molecule has 28 heavy (non-hydrogen) atoms. The first kappa shape index (κ1) is 20.2. The topological polar surface area (TPSA) is 43.4 Å². The van der Waals surface area contributed by atoms with E-state index in [0.717, 1.165) is 38.5 Å². The van der Waals surface area contributed by atoms with Crippen LogP contribution in [0.1, 0.15) is 78.6 Å². The molecule has 4 fully saturated rings. The highest BCUT2D eigenvalue weighted by Crippen LogP contribution is 2.66. The van der Waals surface area contributed by atoms with Gasteiger partial charge in [0.15, 0.2) is 0 Å². The lowest BCUT2D eigenvalue weighted by atomic mass is 9.44. The molecule has 4 rings (SSSR count). The van der Waals surface area contributed by atoms with E-state index in [1.54, 1.807) is 6.92 Å². The van der Waals surface area contributed by atoms with Crippen LogP contribution in [0.15, 0.2) is 0 Å². The van der Waals surface area contributed by atoms with Crippen LogP contribution in [0.25, 0.3) is 0 Å². The fourth-order valence-corrected chi connectivity index (χ4v) is 7.56. The van der Waals surface area contributed by atoms with Crippen molar-refractivity contribution in [2.75, 3.05) is 0 Å². The van der Waals surface area contributed by atoms with Crippen molar-refractivity contribution >= 4 is 11.8 Å². The molecule has 0 aromatic carbocycles. The van der Waals surface area contributed by atoms with E-state index in [1.165, 1.54) is 0 Å². The Morgan fingerprint density at radius 1 is 1.00 bits per heavy atom. The number of ether oxygens (including phenoxy) is 1. The number of fused-ring (bicyclic) bond motifs is 5. The molecule has 4 saturated carbocycles. The van der Waals surface area contributed by atoms with Crippen molar-refractivity contribution in [1.29, 1.82) is 0 Å². The van der Waals surface area contributed by atoms with E-state index in [-0.39, 0.29) is 16.7 Å². The van der Waals surface area contributed by atoms with Crippen LogP contribution in [-0.2, 0) is 14.3 Å². The third kappa shape index (κ3) is 2.92. The molecule has 0 N–H and O–H groups in total. The van der Waals surface area contributed by atoms with E-state index in [4.69, 9.17) is 4.74 Å². The highest BCUT2D eigenvalue weighted by Gasteiger charge is 2.61. The molecule has 4 aliphatic carbocycles. The first-order valence-electron chi connectivity index (χ1n) is 10.7. The van der Waals surface area contributed by atoms with Gasteiger partial charge in [-0.1, -0.05) is 13.8 Å². The molecule has 0 bridgehead atoms. The second kappa shape index (κ2) is 6.21. The van der Waals surface area contributed by atoms with Crippen LogP contribution in [0, 0.1) is 34.5 Å². The number of hydrogen-bond acceptors (Lipinski definition) is 3. The Kier molecular flexibility index (Phi) is 4.49. The van der Waals surface area contributed by atoms with Crippen LogP contribution < -0.4 is 0 Å². The molecular formula is C22H31F3O3. The average molecular weight is 400 g/mol. The number of carbonyl (C=O) groups is 2. The van der Waals surface area contributed by atoms with Crippen LogP contribution in [0.3, 0.4) is 0 Å². The highest BCUT2D eigenvalue weighted by atomic mass is 19.4. The molecule has 3 nitrogen and oxygen atoms in total. The molecule has 6 heteroatoms. The summed E-state index contributed by atoms with van der Waals surface area (Å²) in [5.74, 6) is 0.179. The van der Waals surface area contributed by atoms with Crippen LogP contribution in [0.5, 0.6) is 0 Å². The minimum atomic E-state index is -4.94. The molecule has 0 aliphatic heterocycles. The van der Waals surface area contributed by atoms with Gasteiger partial charge < -0.3 is 4.74 Å². The fraction of sp³-hybridized carbons (Fsp3) is 0.909. The molecular weight excluding hydrogens is 369 g/mol. The Balaban J connectivity index is 1.52. The predicted molar refractivity (Wildman–Crippen MR) is 97.3 cm³/mol. The third-order valence-electron chi connectivity index (χ3n) is 9.22. The van der Waals surface area contributed by atoms with Gasteiger partial charge in [0, 0.05) is 11.8 Å². The quantitative estimate of drug-likeness (QED) is 0.549. The fourth-order valence-electron chi connectivity index (χ4n) is 7.56. The zero-order valence-electron chi connectivity index (χ0n) is 17.0. The van der Waals surface area contributed by atoms with Crippen molar-refractivity contribution in [2.24, 2.45) is 34.5 Å². The Bertz CT molecular complexity index is 689. The minimum absolute atomic E-state index is 0.0695. The minimum Gasteiger partial charge on any atom is -0.453 e. The lowest BCUT2D eigenvalue weighted by Crippen LogP contribution is -2.56. The van der Waals surface area contributed by atoms with E-state index < -0.39 is 17.7 Å². The molecule has 4 unspecified atom stereocenters. The molecule has 0 amide bonds. The molecule has 4 aliphatic rings. The Morgan fingerprint density at radius 3 is 2.39 bits per heavy atom. The number of alkyl halides is 3. The maximum atomic E-state index is 12.7. The average Bonchev–Trinajstić information content (AvgIpc) is 2.90. The van der Waals surface area contributed by atoms with Crippen LogP contribution >= 0.6 is 0 Å². The van der Waals surface area contributed by atoms with Gasteiger partial charge in [0.2, 0.25) is 0 Å². The van der Waals surface area contributed by atoms with E-state index in [2.05, 4.69) is 13.8 Å². The summed E-state index contributed by atoms with van der Waals surface area (Å²) < 4.78 is 43.0. The van der Waals surface area contributed by atoms with E-state index in [0.29, 0.717) is 42.8 Å². The maximum absolute atomic E-state index is 12.7. The van der Waals surface area contributed by atoms with Gasteiger partial charge in [-0.2, -0.15) is 13.2 Å². The molecule has 0 aromatic rings. The number of carbonyl (C=O) groups excluding carboxylic acids is 2. The summed E-state index contributed by atoms with van der Waals surface area (Å²) in [5.41, 5.74) is -1.12. The van der Waals surface area contributed by atoms with Gasteiger partial charge in [0.1, 0.15) is 11.4 Å². The van der Waals surface area contributed by atoms with Crippen LogP contribution in [0.2, 0.25) is 0 Å². The lowest BCUT2D eigenvalue weighted by Gasteiger charge is -2.61. The first-order chi connectivity index (χ1) is 12.9. The molecule has 158 valence electrons. The third-order valence-corrected chi connectivity index (χ3v) is 9.22. The van der Waals surface area contributed by atoms with Gasteiger partial charge in [-0.05, 0) is 87.4 Å². The van der Waals surface area contributed by atoms with Crippen molar-refractivity contribution < 1.29 is 27.5 Å². The monoisotopic (exact) mass is 400 g/mol. The van der Waals surface area contributed by atoms with Gasteiger partial charge in [0.25, 0.3) is 0 Å². The number of esters is 1. The largest absolute Gasteiger partial charge is 0.490 e. The summed E-state index contributed by atoms with van der Waals surface area (Å²) in [4.78, 5) is 23.9. The normalized spacial score (nSPS) is 48.4. The van der Waals surface area contributed by atoms with Crippen molar-refractivity contribution in [3.8, 4) is 0 Å². The smallest absolute Gasteiger partial charge is 0.453 e.